The van der Waals surface area contributed by atoms with Crippen molar-refractivity contribution in [3.05, 3.63) is 59.2 Å². The van der Waals surface area contributed by atoms with E-state index in [0.29, 0.717) is 29.8 Å². The van der Waals surface area contributed by atoms with Gasteiger partial charge in [-0.05, 0) is 24.5 Å². The molecule has 1 aromatic heterocycles. The molecule has 0 spiro atoms. The first-order valence-electron chi connectivity index (χ1n) is 6.98. The number of carboxylic acid groups (broad SMARTS) is 1. The maximum Gasteiger partial charge on any atom is 0.331 e. The van der Waals surface area contributed by atoms with Crippen LogP contribution in [0.4, 0.5) is 0 Å². The lowest BCUT2D eigenvalue weighted by Crippen LogP contribution is -2.43. The minimum Gasteiger partial charge on any atom is -0.479 e. The zero-order valence-corrected chi connectivity index (χ0v) is 12.1. The maximum absolute atomic E-state index is 12.7. The van der Waals surface area contributed by atoms with Gasteiger partial charge in [-0.2, -0.15) is 0 Å². The number of aryl methyl sites for hydroxylation is 1. The van der Waals surface area contributed by atoms with Crippen LogP contribution < -0.4 is 0 Å². The first-order valence-corrected chi connectivity index (χ1v) is 6.98. The number of benzene rings is 1. The SMILES string of the molecule is Cc1ncncc1C(=O)N1CCc2ccccc2C1C(=O)O. The molecule has 0 saturated carbocycles. The largest absolute Gasteiger partial charge is 0.479 e. The highest BCUT2D eigenvalue weighted by molar-refractivity contribution is 5.97. The molecule has 0 aliphatic carbocycles. The van der Waals surface area contributed by atoms with E-state index in [1.165, 1.54) is 17.4 Å². The predicted octanol–water partition coefficient (Wildman–Crippen LogP) is 1.61. The second kappa shape index (κ2) is 5.55. The molecule has 0 saturated heterocycles. The van der Waals surface area contributed by atoms with Crippen LogP contribution >= 0.6 is 0 Å². The van der Waals surface area contributed by atoms with Crippen molar-refractivity contribution in [1.29, 1.82) is 0 Å². The van der Waals surface area contributed by atoms with Gasteiger partial charge in [0.25, 0.3) is 5.91 Å². The summed E-state index contributed by atoms with van der Waals surface area (Å²) in [5, 5.41) is 9.60. The van der Waals surface area contributed by atoms with Crippen LogP contribution in [0.3, 0.4) is 0 Å². The van der Waals surface area contributed by atoms with Crippen molar-refractivity contribution in [2.75, 3.05) is 6.54 Å². The lowest BCUT2D eigenvalue weighted by atomic mass is 9.92. The zero-order chi connectivity index (χ0) is 15.7. The van der Waals surface area contributed by atoms with Crippen LogP contribution in [0, 0.1) is 6.92 Å². The molecule has 6 heteroatoms. The van der Waals surface area contributed by atoms with E-state index in [1.807, 2.05) is 12.1 Å². The molecule has 1 aliphatic rings. The van der Waals surface area contributed by atoms with E-state index in [4.69, 9.17) is 0 Å². The Morgan fingerprint density at radius 2 is 2.09 bits per heavy atom. The number of rotatable bonds is 2. The number of carboxylic acids is 1. The molecule has 0 bridgehead atoms. The Balaban J connectivity index is 2.02. The highest BCUT2D eigenvalue weighted by atomic mass is 16.4. The maximum atomic E-state index is 12.7. The van der Waals surface area contributed by atoms with Crippen molar-refractivity contribution in [2.45, 2.75) is 19.4 Å². The zero-order valence-electron chi connectivity index (χ0n) is 12.1. The molecule has 6 nitrogen and oxygen atoms in total. The van der Waals surface area contributed by atoms with Gasteiger partial charge in [-0.25, -0.2) is 14.8 Å². The second-order valence-corrected chi connectivity index (χ2v) is 5.21. The Kier molecular flexibility index (Phi) is 3.58. The molecule has 0 fully saturated rings. The smallest absolute Gasteiger partial charge is 0.331 e. The van der Waals surface area contributed by atoms with Crippen molar-refractivity contribution in [1.82, 2.24) is 14.9 Å². The van der Waals surface area contributed by atoms with E-state index in [2.05, 4.69) is 9.97 Å². The fourth-order valence-corrected chi connectivity index (χ4v) is 2.81. The van der Waals surface area contributed by atoms with Gasteiger partial charge >= 0.3 is 5.97 Å². The summed E-state index contributed by atoms with van der Waals surface area (Å²) in [6.45, 7) is 2.07. The second-order valence-electron chi connectivity index (χ2n) is 5.21. The van der Waals surface area contributed by atoms with E-state index < -0.39 is 12.0 Å². The lowest BCUT2D eigenvalue weighted by molar-refractivity contribution is -0.143. The van der Waals surface area contributed by atoms with Gasteiger partial charge in [0.15, 0.2) is 6.04 Å². The van der Waals surface area contributed by atoms with Gasteiger partial charge in [0.1, 0.15) is 6.33 Å². The van der Waals surface area contributed by atoms with Gasteiger partial charge in [0, 0.05) is 12.7 Å². The fourth-order valence-electron chi connectivity index (χ4n) is 2.81. The van der Waals surface area contributed by atoms with E-state index in [-0.39, 0.29) is 5.91 Å². The normalized spacial score (nSPS) is 17.0. The Labute approximate surface area is 127 Å². The Bertz CT molecular complexity index is 745. The van der Waals surface area contributed by atoms with Crippen molar-refractivity contribution in [3.8, 4) is 0 Å². The van der Waals surface area contributed by atoms with Gasteiger partial charge in [-0.15, -0.1) is 0 Å². The summed E-state index contributed by atoms with van der Waals surface area (Å²) in [7, 11) is 0. The van der Waals surface area contributed by atoms with Gasteiger partial charge in [-0.1, -0.05) is 24.3 Å². The van der Waals surface area contributed by atoms with Gasteiger partial charge < -0.3 is 10.0 Å². The number of carbonyl (C=O) groups excluding carboxylic acids is 1. The minimum absolute atomic E-state index is 0.341. The van der Waals surface area contributed by atoms with Crippen LogP contribution in [0.15, 0.2) is 36.8 Å². The summed E-state index contributed by atoms with van der Waals surface area (Å²) in [5.74, 6) is -1.38. The molecule has 1 unspecified atom stereocenters. The summed E-state index contributed by atoms with van der Waals surface area (Å²) in [6, 6.07) is 6.37. The van der Waals surface area contributed by atoms with Gasteiger partial charge in [0.2, 0.25) is 0 Å². The van der Waals surface area contributed by atoms with Crippen molar-refractivity contribution in [2.24, 2.45) is 0 Å². The molecular formula is C16H15N3O3. The van der Waals surface area contributed by atoms with Crippen molar-refractivity contribution in [3.63, 3.8) is 0 Å². The molecule has 1 amide bonds. The van der Waals surface area contributed by atoms with Crippen LogP contribution in [0.2, 0.25) is 0 Å². The molecule has 0 radical (unpaired) electrons. The van der Waals surface area contributed by atoms with E-state index in [0.717, 1.165) is 5.56 Å². The number of aliphatic carboxylic acids is 1. The number of hydrogen-bond donors (Lipinski definition) is 1. The summed E-state index contributed by atoms with van der Waals surface area (Å²) < 4.78 is 0. The third-order valence-corrected chi connectivity index (χ3v) is 3.92. The first-order chi connectivity index (χ1) is 10.6. The molecule has 2 heterocycles. The molecule has 1 aromatic carbocycles. The summed E-state index contributed by atoms with van der Waals surface area (Å²) >= 11 is 0. The van der Waals surface area contributed by atoms with Crippen LogP contribution in [-0.4, -0.2) is 38.4 Å². The highest BCUT2D eigenvalue weighted by Gasteiger charge is 2.36. The quantitative estimate of drug-likeness (QED) is 0.910. The first kappa shape index (κ1) is 14.2. The molecular weight excluding hydrogens is 282 g/mol. The third-order valence-electron chi connectivity index (χ3n) is 3.92. The molecule has 1 N–H and O–H groups in total. The predicted molar refractivity (Wildman–Crippen MR) is 78.3 cm³/mol. The Hall–Kier alpha value is -2.76. The monoisotopic (exact) mass is 297 g/mol. The van der Waals surface area contributed by atoms with Crippen LogP contribution in [0.5, 0.6) is 0 Å². The molecule has 1 aliphatic heterocycles. The van der Waals surface area contributed by atoms with E-state index >= 15 is 0 Å². The average Bonchev–Trinajstić information content (AvgIpc) is 2.53. The number of carbonyl (C=O) groups is 2. The lowest BCUT2D eigenvalue weighted by Gasteiger charge is -2.34. The summed E-state index contributed by atoms with van der Waals surface area (Å²) in [4.78, 5) is 33.7. The van der Waals surface area contributed by atoms with Gasteiger partial charge in [0.05, 0.1) is 11.3 Å². The number of fused-ring (bicyclic) bond motifs is 1. The Morgan fingerprint density at radius 3 is 2.82 bits per heavy atom. The van der Waals surface area contributed by atoms with E-state index in [1.54, 1.807) is 19.1 Å². The summed E-state index contributed by atoms with van der Waals surface area (Å²) in [5.41, 5.74) is 2.53. The minimum atomic E-state index is -1.03. The van der Waals surface area contributed by atoms with Crippen molar-refractivity contribution < 1.29 is 14.7 Å². The van der Waals surface area contributed by atoms with Gasteiger partial charge in [-0.3, -0.25) is 4.79 Å². The molecule has 2 aromatic rings. The molecule has 112 valence electrons. The number of amides is 1. The third kappa shape index (κ3) is 2.32. The number of hydrogen-bond acceptors (Lipinski definition) is 4. The standard InChI is InChI=1S/C16H15N3O3/c1-10-13(8-17-9-18-10)15(20)19-7-6-11-4-2-3-5-12(11)14(19)16(21)22/h2-5,8-9,14H,6-7H2,1H3,(H,21,22). The highest BCUT2D eigenvalue weighted by Crippen LogP contribution is 2.31. The number of aromatic nitrogens is 2. The van der Waals surface area contributed by atoms with Crippen molar-refractivity contribution >= 4 is 11.9 Å². The fraction of sp³-hybridized carbons (Fsp3) is 0.250. The number of nitrogens with zero attached hydrogens (tertiary/aromatic N) is 3. The summed E-state index contributed by atoms with van der Waals surface area (Å²) in [6.07, 6.45) is 3.44. The molecule has 22 heavy (non-hydrogen) atoms. The molecule has 3 rings (SSSR count). The van der Waals surface area contributed by atoms with Crippen LogP contribution in [-0.2, 0) is 11.2 Å². The topological polar surface area (TPSA) is 83.4 Å². The van der Waals surface area contributed by atoms with Crippen LogP contribution in [0.1, 0.15) is 33.2 Å². The molecule has 1 atom stereocenters. The van der Waals surface area contributed by atoms with E-state index in [9.17, 15) is 14.7 Å². The Morgan fingerprint density at radius 1 is 1.32 bits per heavy atom. The average molecular weight is 297 g/mol. The van der Waals surface area contributed by atoms with Crippen LogP contribution in [0.25, 0.3) is 0 Å².